The van der Waals surface area contributed by atoms with Gasteiger partial charge in [-0.3, -0.25) is 0 Å². The molecule has 12 heteroatoms. The van der Waals surface area contributed by atoms with Crippen LogP contribution in [0.15, 0.2) is 189 Å². The van der Waals surface area contributed by atoms with Gasteiger partial charge in [0.25, 0.3) is 0 Å². The number of aryl methyl sites for hydroxylation is 4. The lowest BCUT2D eigenvalue weighted by atomic mass is 10.0. The molecule has 0 amide bonds. The molecule has 0 radical (unpaired) electrons. The van der Waals surface area contributed by atoms with Gasteiger partial charge in [0.05, 0.1) is 67.9 Å². The molecular weight excluding hydrogens is 1090 g/mol. The summed E-state index contributed by atoms with van der Waals surface area (Å²) in [6, 6.07) is 26.3. The van der Waals surface area contributed by atoms with Gasteiger partial charge in [-0.05, 0) is 124 Å². The van der Waals surface area contributed by atoms with Crippen LogP contribution in [0.25, 0.3) is 22.3 Å². The lowest BCUT2D eigenvalue weighted by Crippen LogP contribution is -2.39. The lowest BCUT2D eigenvalue weighted by molar-refractivity contribution is -0.699. The van der Waals surface area contributed by atoms with E-state index in [1.54, 1.807) is 28.4 Å². The van der Waals surface area contributed by atoms with Crippen molar-refractivity contribution < 1.29 is 37.2 Å². The van der Waals surface area contributed by atoms with Crippen molar-refractivity contribution in [3.63, 3.8) is 0 Å². The van der Waals surface area contributed by atoms with Crippen molar-refractivity contribution in [2.75, 3.05) is 54.9 Å². The Morgan fingerprint density at radius 1 is 0.250 bits per heavy atom. The zero-order valence-electron chi connectivity index (χ0n) is 53.7. The fourth-order valence-electron chi connectivity index (χ4n) is 12.7. The SMILES string of the molecule is COCCCCCCCC[n+]1ccccc1C1=C2C=CC(=N2)C(c2cccc[n+]2CCCCCCCCOC)=C2C=CC(=N2)C(c2cccc[n+]2CCCCCCCCOC)=C2C=CC(=N2)C(c2cccc[n+]2CCCCCCCCOC)=C2C=CC1=N2. The number of pyridine rings is 4. The lowest BCUT2D eigenvalue weighted by Gasteiger charge is -2.12. The largest absolute Gasteiger partial charge is 0.385 e. The number of ether oxygens (including phenoxy) is 4. The summed E-state index contributed by atoms with van der Waals surface area (Å²) in [6.45, 7) is 6.87. The summed E-state index contributed by atoms with van der Waals surface area (Å²) in [4.78, 5) is 23.1. The average Bonchev–Trinajstić information content (AvgIpc) is 2.14. The Bertz CT molecular complexity index is 2890. The van der Waals surface area contributed by atoms with E-state index in [0.29, 0.717) is 0 Å². The molecule has 0 unspecified atom stereocenters. The number of hydrogen-bond donors (Lipinski definition) is 0. The smallest absolute Gasteiger partial charge is 0.216 e. The van der Waals surface area contributed by atoms with Gasteiger partial charge in [-0.25, -0.2) is 20.0 Å². The van der Waals surface area contributed by atoms with Gasteiger partial charge in [-0.1, -0.05) is 77.0 Å². The van der Waals surface area contributed by atoms with E-state index in [2.05, 4.69) is 164 Å². The predicted molar refractivity (Wildman–Crippen MR) is 359 cm³/mol. The average molecular weight is 1190 g/mol. The van der Waals surface area contributed by atoms with E-state index in [1.807, 2.05) is 0 Å². The van der Waals surface area contributed by atoms with Gasteiger partial charge in [0.15, 0.2) is 24.8 Å². The second kappa shape index (κ2) is 36.5. The van der Waals surface area contributed by atoms with Crippen molar-refractivity contribution in [2.24, 2.45) is 20.0 Å². The summed E-state index contributed by atoms with van der Waals surface area (Å²) < 4.78 is 31.1. The Labute approximate surface area is 526 Å². The monoisotopic (exact) mass is 1190 g/mol. The van der Waals surface area contributed by atoms with Crippen molar-refractivity contribution in [1.82, 2.24) is 0 Å². The van der Waals surface area contributed by atoms with E-state index in [-0.39, 0.29) is 0 Å². The van der Waals surface area contributed by atoms with Crippen LogP contribution in [0.2, 0.25) is 0 Å². The summed E-state index contributed by atoms with van der Waals surface area (Å²) in [5.74, 6) is 0. The molecule has 0 fully saturated rings. The molecule has 0 spiro atoms. The van der Waals surface area contributed by atoms with Crippen LogP contribution >= 0.6 is 0 Å². The van der Waals surface area contributed by atoms with E-state index in [1.165, 1.54) is 77.0 Å². The molecule has 88 heavy (non-hydrogen) atoms. The van der Waals surface area contributed by atoms with Crippen LogP contribution in [0.4, 0.5) is 0 Å². The minimum Gasteiger partial charge on any atom is -0.385 e. The van der Waals surface area contributed by atoms with Crippen LogP contribution in [0, 0.1) is 0 Å². The molecule has 0 N–H and O–H groups in total. The van der Waals surface area contributed by atoms with E-state index in [4.69, 9.17) is 38.9 Å². The molecule has 0 atom stereocenters. The first-order valence-electron chi connectivity index (χ1n) is 33.6. The molecule has 464 valence electrons. The normalized spacial score (nSPS) is 15.2. The van der Waals surface area contributed by atoms with E-state index < -0.39 is 0 Å². The van der Waals surface area contributed by atoms with Crippen molar-refractivity contribution in [3.8, 4) is 0 Å². The third kappa shape index (κ3) is 18.6. The van der Waals surface area contributed by atoms with Crippen LogP contribution in [0.3, 0.4) is 0 Å². The Kier molecular flexibility index (Phi) is 27.2. The maximum atomic E-state index is 5.78. The molecule has 4 aromatic heterocycles. The predicted octanol–water partition coefficient (Wildman–Crippen LogP) is 14.8. The van der Waals surface area contributed by atoms with Crippen LogP contribution in [0.1, 0.15) is 177 Å². The van der Waals surface area contributed by atoms with E-state index >= 15 is 0 Å². The summed E-state index contributed by atoms with van der Waals surface area (Å²) in [5.41, 5.74) is 15.4. The number of hydrogen-bond acceptors (Lipinski definition) is 8. The highest BCUT2D eigenvalue weighted by Crippen LogP contribution is 2.37. The third-order valence-corrected chi connectivity index (χ3v) is 17.4. The molecule has 8 bridgehead atoms. The molecule has 5 aliphatic heterocycles. The first-order chi connectivity index (χ1) is 43.6. The Hall–Kier alpha value is -6.96. The second-order valence-electron chi connectivity index (χ2n) is 23.9. The third-order valence-electron chi connectivity index (χ3n) is 17.4. The van der Waals surface area contributed by atoms with Crippen molar-refractivity contribution in [2.45, 2.75) is 180 Å². The molecule has 0 aliphatic carbocycles. The van der Waals surface area contributed by atoms with Crippen LogP contribution in [0.5, 0.6) is 0 Å². The van der Waals surface area contributed by atoms with Crippen LogP contribution in [-0.4, -0.2) is 77.7 Å². The number of rotatable bonds is 40. The Morgan fingerprint density at radius 3 is 0.670 bits per heavy atom. The number of fused-ring (bicyclic) bond motifs is 4. The van der Waals surface area contributed by atoms with Gasteiger partial charge in [0.1, 0.15) is 26.2 Å². The van der Waals surface area contributed by atoms with Gasteiger partial charge in [-0.15, -0.1) is 0 Å². The number of methoxy groups -OCH3 is 4. The Balaban J connectivity index is 1.19. The van der Waals surface area contributed by atoms with Gasteiger partial charge >= 0.3 is 0 Å². The Morgan fingerprint density at radius 2 is 0.455 bits per heavy atom. The van der Waals surface area contributed by atoms with Gasteiger partial charge in [0.2, 0.25) is 22.8 Å². The first-order valence-corrected chi connectivity index (χ1v) is 33.6. The second-order valence-corrected chi connectivity index (χ2v) is 23.9. The van der Waals surface area contributed by atoms with Gasteiger partial charge in [0, 0.05) is 129 Å². The van der Waals surface area contributed by atoms with E-state index in [9.17, 15) is 0 Å². The highest BCUT2D eigenvalue weighted by Gasteiger charge is 2.34. The molecule has 9 heterocycles. The summed E-state index contributed by atoms with van der Waals surface area (Å²) in [6.07, 6.45) is 54.7. The highest BCUT2D eigenvalue weighted by molar-refractivity contribution is 6.39. The summed E-state index contributed by atoms with van der Waals surface area (Å²) in [7, 11) is 7.18. The van der Waals surface area contributed by atoms with Crippen LogP contribution in [-0.2, 0) is 45.1 Å². The highest BCUT2D eigenvalue weighted by atomic mass is 16.5. The van der Waals surface area contributed by atoms with Crippen molar-refractivity contribution >= 4 is 45.1 Å². The standard InChI is InChI=1S/C76H100N8O4/c1-85-57-33-17-9-5-13-25-49-81-53-29-21-37-69(81)73-61-41-43-63(77-61)74(70-38-22-30-54-82(70)50-26-14-6-10-18-34-58-86-2)65-45-47-67(79-65)76(72-40-24-32-56-84(72)52-28-16-8-12-20-36-60-88-4)68-48-46-66(80-68)75(64-44-42-62(73)78-64)71-39-23-31-55-83(71)51-27-15-7-11-19-35-59-87-3/h21-24,29-32,37-48,53-56H,5-20,25-28,33-36,49-52,57-60H2,1-4H3/q+4. The molecule has 0 aromatic carbocycles. The zero-order chi connectivity index (χ0) is 60.8. The molecular formula is C76H100N8O4+4. The number of nitrogens with zero attached hydrogens (tertiary/aromatic N) is 8. The fraction of sp³-hybridized carbons (Fsp3) is 0.474. The quantitative estimate of drug-likeness (QED) is 0.0327. The number of aliphatic imine (C=N–C) groups is 4. The van der Waals surface area contributed by atoms with Crippen LogP contribution < -0.4 is 18.3 Å². The fourth-order valence-corrected chi connectivity index (χ4v) is 12.7. The zero-order valence-corrected chi connectivity index (χ0v) is 53.7. The molecule has 0 saturated carbocycles. The molecule has 5 aliphatic rings. The summed E-state index contributed by atoms with van der Waals surface area (Å²) >= 11 is 0. The topological polar surface area (TPSA) is 102 Å². The molecule has 0 saturated heterocycles. The van der Waals surface area contributed by atoms with Crippen molar-refractivity contribution in [3.05, 3.63) is 192 Å². The minimum atomic E-state index is 0.832. The number of unbranched alkanes of at least 4 members (excludes halogenated alkanes) is 20. The number of aromatic nitrogens is 4. The van der Waals surface area contributed by atoms with Crippen molar-refractivity contribution in [1.29, 1.82) is 0 Å². The maximum absolute atomic E-state index is 5.78. The van der Waals surface area contributed by atoms with Gasteiger partial charge in [-0.2, -0.15) is 18.3 Å². The molecule has 9 rings (SSSR count). The maximum Gasteiger partial charge on any atom is 0.216 e. The minimum absolute atomic E-state index is 0.832. The van der Waals surface area contributed by atoms with E-state index in [0.717, 1.165) is 220 Å². The van der Waals surface area contributed by atoms with Gasteiger partial charge < -0.3 is 18.9 Å². The molecule has 12 nitrogen and oxygen atoms in total. The molecule has 4 aromatic rings. The first kappa shape index (κ1) is 65.5. The summed E-state index contributed by atoms with van der Waals surface area (Å²) in [5, 5.41) is 0. The number of allylic oxidation sites excluding steroid dienone is 12.